The Labute approximate surface area is 127 Å². The molecule has 112 valence electrons. The molecule has 3 heterocycles. The Morgan fingerprint density at radius 3 is 3.00 bits per heavy atom. The summed E-state index contributed by atoms with van der Waals surface area (Å²) in [6.07, 6.45) is 6.65. The van der Waals surface area contributed by atoms with Crippen LogP contribution in [0.4, 0.5) is 0 Å². The quantitative estimate of drug-likeness (QED) is 0.851. The Kier molecular flexibility index (Phi) is 4.74. The minimum Gasteiger partial charge on any atom is -0.298 e. The molecule has 4 heteroatoms. The second-order valence-corrected chi connectivity index (χ2v) is 7.28. The van der Waals surface area contributed by atoms with Crippen molar-refractivity contribution in [1.82, 2.24) is 14.8 Å². The highest BCUT2D eigenvalue weighted by atomic mass is 32.1. The molecule has 0 amide bonds. The van der Waals surface area contributed by atoms with Gasteiger partial charge in [0.2, 0.25) is 0 Å². The van der Waals surface area contributed by atoms with E-state index in [1.807, 2.05) is 11.3 Å². The summed E-state index contributed by atoms with van der Waals surface area (Å²) >= 11 is 1.82. The maximum atomic E-state index is 4.61. The van der Waals surface area contributed by atoms with Crippen LogP contribution in [0.2, 0.25) is 0 Å². The maximum absolute atomic E-state index is 4.61. The third kappa shape index (κ3) is 3.23. The lowest BCUT2D eigenvalue weighted by atomic mass is 9.95. The second-order valence-electron chi connectivity index (χ2n) is 6.33. The smallest absolute Gasteiger partial charge is 0.0940 e. The molecule has 0 N–H and O–H groups in total. The molecular formula is C16H27N3S. The van der Waals surface area contributed by atoms with Gasteiger partial charge in [-0.25, -0.2) is 4.98 Å². The van der Waals surface area contributed by atoms with E-state index in [-0.39, 0.29) is 0 Å². The molecule has 2 atom stereocenters. The lowest BCUT2D eigenvalue weighted by Crippen LogP contribution is -2.59. The van der Waals surface area contributed by atoms with E-state index < -0.39 is 0 Å². The van der Waals surface area contributed by atoms with Gasteiger partial charge in [0.25, 0.3) is 0 Å². The number of fused-ring (bicyclic) bond motifs is 1. The normalized spacial score (nSPS) is 28.5. The summed E-state index contributed by atoms with van der Waals surface area (Å²) < 4.78 is 0. The molecule has 2 saturated heterocycles. The molecule has 1 aromatic rings. The lowest BCUT2D eigenvalue weighted by molar-refractivity contribution is 0.00826. The van der Waals surface area contributed by atoms with Crippen molar-refractivity contribution in [2.75, 3.05) is 26.2 Å². The first-order chi connectivity index (χ1) is 9.76. The fourth-order valence-electron chi connectivity index (χ4n) is 3.73. The molecule has 0 aromatic carbocycles. The van der Waals surface area contributed by atoms with Crippen molar-refractivity contribution < 1.29 is 0 Å². The van der Waals surface area contributed by atoms with Gasteiger partial charge in [-0.3, -0.25) is 9.80 Å². The Bertz CT molecular complexity index is 431. The summed E-state index contributed by atoms with van der Waals surface area (Å²) in [4.78, 5) is 10.1. The van der Waals surface area contributed by atoms with Gasteiger partial charge >= 0.3 is 0 Å². The Balaban J connectivity index is 1.58. The standard InChI is InChI=1S/C16H27N3S/c1-3-14-10-18-8-5-4-6-15(18)11-19(14)9-7-16-17-13(2)12-20-16/h12,14-15H,3-11H2,1-2H3. The highest BCUT2D eigenvalue weighted by molar-refractivity contribution is 7.09. The summed E-state index contributed by atoms with van der Waals surface area (Å²) in [6, 6.07) is 1.58. The minimum absolute atomic E-state index is 0.755. The van der Waals surface area contributed by atoms with Crippen molar-refractivity contribution in [2.24, 2.45) is 0 Å². The van der Waals surface area contributed by atoms with Gasteiger partial charge < -0.3 is 0 Å². The highest BCUT2D eigenvalue weighted by Crippen LogP contribution is 2.25. The third-order valence-electron chi connectivity index (χ3n) is 4.91. The van der Waals surface area contributed by atoms with Crippen molar-refractivity contribution in [1.29, 1.82) is 0 Å². The van der Waals surface area contributed by atoms with Crippen molar-refractivity contribution >= 4 is 11.3 Å². The summed E-state index contributed by atoms with van der Waals surface area (Å²) in [5.41, 5.74) is 1.18. The summed E-state index contributed by atoms with van der Waals surface area (Å²) in [7, 11) is 0. The lowest BCUT2D eigenvalue weighted by Gasteiger charge is -2.48. The molecule has 2 unspecified atom stereocenters. The van der Waals surface area contributed by atoms with E-state index in [1.165, 1.54) is 62.6 Å². The second kappa shape index (κ2) is 6.54. The predicted molar refractivity (Wildman–Crippen MR) is 85.4 cm³/mol. The predicted octanol–water partition coefficient (Wildman–Crippen LogP) is 2.94. The number of thiazole rings is 1. The van der Waals surface area contributed by atoms with Crippen molar-refractivity contribution in [3.63, 3.8) is 0 Å². The Hall–Kier alpha value is -0.450. The average molecular weight is 293 g/mol. The molecule has 0 aliphatic carbocycles. The van der Waals surface area contributed by atoms with Gasteiger partial charge in [-0.2, -0.15) is 0 Å². The number of hydrogen-bond donors (Lipinski definition) is 0. The van der Waals surface area contributed by atoms with E-state index in [2.05, 4.69) is 34.0 Å². The number of nitrogens with zero attached hydrogens (tertiary/aromatic N) is 3. The van der Waals surface area contributed by atoms with Crippen LogP contribution < -0.4 is 0 Å². The molecule has 1 aromatic heterocycles. The summed E-state index contributed by atoms with van der Waals surface area (Å²) in [5.74, 6) is 0. The van der Waals surface area contributed by atoms with Gasteiger partial charge in [0.1, 0.15) is 0 Å². The zero-order valence-electron chi connectivity index (χ0n) is 12.8. The van der Waals surface area contributed by atoms with E-state index in [9.17, 15) is 0 Å². The molecule has 0 radical (unpaired) electrons. The fraction of sp³-hybridized carbons (Fsp3) is 0.812. The summed E-state index contributed by atoms with van der Waals surface area (Å²) in [6.45, 7) is 9.53. The van der Waals surface area contributed by atoms with Gasteiger partial charge in [-0.05, 0) is 32.7 Å². The van der Waals surface area contributed by atoms with Crippen molar-refractivity contribution in [3.05, 3.63) is 16.1 Å². The molecule has 0 saturated carbocycles. The van der Waals surface area contributed by atoms with Crippen LogP contribution in [-0.2, 0) is 6.42 Å². The molecule has 0 spiro atoms. The van der Waals surface area contributed by atoms with Crippen LogP contribution in [0, 0.1) is 6.92 Å². The van der Waals surface area contributed by atoms with Gasteiger partial charge in [-0.1, -0.05) is 13.3 Å². The van der Waals surface area contributed by atoms with Crippen molar-refractivity contribution in [2.45, 2.75) is 58.0 Å². The number of hydrogen-bond acceptors (Lipinski definition) is 4. The van der Waals surface area contributed by atoms with Crippen LogP contribution in [0.1, 0.15) is 43.3 Å². The minimum atomic E-state index is 0.755. The van der Waals surface area contributed by atoms with Crippen LogP contribution >= 0.6 is 11.3 Å². The number of aromatic nitrogens is 1. The fourth-order valence-corrected chi connectivity index (χ4v) is 4.50. The molecule has 0 bridgehead atoms. The molecule has 20 heavy (non-hydrogen) atoms. The monoisotopic (exact) mass is 293 g/mol. The van der Waals surface area contributed by atoms with E-state index in [4.69, 9.17) is 0 Å². The van der Waals surface area contributed by atoms with E-state index in [1.54, 1.807) is 0 Å². The summed E-state index contributed by atoms with van der Waals surface area (Å²) in [5, 5.41) is 3.48. The largest absolute Gasteiger partial charge is 0.298 e. The Morgan fingerprint density at radius 2 is 2.25 bits per heavy atom. The third-order valence-corrected chi connectivity index (χ3v) is 5.93. The van der Waals surface area contributed by atoms with E-state index in [0.717, 1.165) is 18.5 Å². The number of piperidine rings is 1. The van der Waals surface area contributed by atoms with Crippen LogP contribution in [0.3, 0.4) is 0 Å². The van der Waals surface area contributed by atoms with Gasteiger partial charge in [-0.15, -0.1) is 11.3 Å². The molecule has 2 aliphatic rings. The average Bonchev–Trinajstić information content (AvgIpc) is 2.89. The maximum Gasteiger partial charge on any atom is 0.0940 e. The molecular weight excluding hydrogens is 266 g/mol. The molecule has 2 aliphatic heterocycles. The number of piperazine rings is 1. The van der Waals surface area contributed by atoms with Crippen LogP contribution in [0.15, 0.2) is 5.38 Å². The van der Waals surface area contributed by atoms with Gasteiger partial charge in [0.15, 0.2) is 0 Å². The Morgan fingerprint density at radius 1 is 1.35 bits per heavy atom. The zero-order valence-corrected chi connectivity index (χ0v) is 13.7. The highest BCUT2D eigenvalue weighted by Gasteiger charge is 2.33. The number of rotatable bonds is 4. The van der Waals surface area contributed by atoms with Crippen molar-refractivity contribution in [3.8, 4) is 0 Å². The SMILES string of the molecule is CCC1CN2CCCCC2CN1CCc1nc(C)cs1. The van der Waals surface area contributed by atoms with Gasteiger partial charge in [0.05, 0.1) is 5.01 Å². The molecule has 3 nitrogen and oxygen atoms in total. The number of aryl methyl sites for hydroxylation is 1. The van der Waals surface area contributed by atoms with Crippen LogP contribution in [-0.4, -0.2) is 53.0 Å². The first-order valence-corrected chi connectivity index (χ1v) is 9.03. The van der Waals surface area contributed by atoms with E-state index in [0.29, 0.717) is 0 Å². The topological polar surface area (TPSA) is 19.4 Å². The molecule has 2 fully saturated rings. The van der Waals surface area contributed by atoms with E-state index >= 15 is 0 Å². The van der Waals surface area contributed by atoms with Crippen LogP contribution in [0.25, 0.3) is 0 Å². The first-order valence-electron chi connectivity index (χ1n) is 8.15. The van der Waals surface area contributed by atoms with Gasteiger partial charge in [0, 0.05) is 49.2 Å². The zero-order chi connectivity index (χ0) is 13.9. The first kappa shape index (κ1) is 14.5. The van der Waals surface area contributed by atoms with Crippen LogP contribution in [0.5, 0.6) is 0 Å². The molecule has 3 rings (SSSR count).